The lowest BCUT2D eigenvalue weighted by Crippen LogP contribution is -2.30. The Labute approximate surface area is 170 Å². The second-order valence-electron chi connectivity index (χ2n) is 6.53. The first-order valence-corrected chi connectivity index (χ1v) is 8.96. The van der Waals surface area contributed by atoms with Gasteiger partial charge < -0.3 is 14.1 Å². The maximum atomic E-state index is 12.8. The van der Waals surface area contributed by atoms with Crippen molar-refractivity contribution < 1.29 is 31.9 Å². The molecule has 0 N–H and O–H groups in total. The van der Waals surface area contributed by atoms with Gasteiger partial charge in [0.15, 0.2) is 6.61 Å². The van der Waals surface area contributed by atoms with Gasteiger partial charge in [0.2, 0.25) is 0 Å². The molecule has 0 saturated heterocycles. The second-order valence-corrected chi connectivity index (χ2v) is 6.53. The normalized spacial score (nSPS) is 11.2. The molecule has 0 spiro atoms. The Morgan fingerprint density at radius 2 is 1.70 bits per heavy atom. The molecule has 1 amide bonds. The van der Waals surface area contributed by atoms with E-state index in [9.17, 15) is 22.8 Å². The number of carbonyl (C=O) groups is 2. The van der Waals surface area contributed by atoms with Gasteiger partial charge in [-0.15, -0.1) is 0 Å². The molecule has 0 aliphatic carbocycles. The number of esters is 1. The molecule has 0 atom stereocenters. The maximum Gasteiger partial charge on any atom is 0.416 e. The number of carbonyl (C=O) groups excluding carboxylic acids is 2. The van der Waals surface area contributed by atoms with Crippen molar-refractivity contribution in [3.05, 3.63) is 83.8 Å². The van der Waals surface area contributed by atoms with Crippen LogP contribution >= 0.6 is 0 Å². The summed E-state index contributed by atoms with van der Waals surface area (Å²) in [4.78, 5) is 26.1. The number of nitrogens with zero attached hydrogens (tertiary/aromatic N) is 1. The molecule has 0 fully saturated rings. The van der Waals surface area contributed by atoms with Crippen LogP contribution in [0.25, 0.3) is 11.1 Å². The molecule has 0 aliphatic rings. The maximum absolute atomic E-state index is 12.8. The minimum Gasteiger partial charge on any atom is -0.467 e. The predicted molar refractivity (Wildman–Crippen MR) is 102 cm³/mol. The molecular weight excluding hydrogens is 399 g/mol. The average Bonchev–Trinajstić information content (AvgIpc) is 3.24. The molecule has 1 heterocycles. The Hall–Kier alpha value is -3.55. The first kappa shape index (κ1) is 21.2. The van der Waals surface area contributed by atoms with Crippen LogP contribution in [-0.4, -0.2) is 30.4 Å². The molecule has 0 aliphatic heterocycles. The summed E-state index contributed by atoms with van der Waals surface area (Å²) in [6.07, 6.45) is -2.95. The van der Waals surface area contributed by atoms with E-state index in [1.54, 1.807) is 37.4 Å². The molecule has 8 heteroatoms. The molecule has 3 aromatic rings. The fourth-order valence-corrected chi connectivity index (χ4v) is 2.79. The number of benzene rings is 2. The van der Waals surface area contributed by atoms with E-state index < -0.39 is 30.2 Å². The SMILES string of the molecule is CN(Cc1ccco1)C(=O)COC(=O)c1ccccc1-c1ccc(C(F)(F)F)cc1. The highest BCUT2D eigenvalue weighted by atomic mass is 19.4. The highest BCUT2D eigenvalue weighted by molar-refractivity contribution is 5.98. The van der Waals surface area contributed by atoms with Crippen LogP contribution in [-0.2, 0) is 22.3 Å². The fourth-order valence-electron chi connectivity index (χ4n) is 2.79. The van der Waals surface area contributed by atoms with Gasteiger partial charge in [0, 0.05) is 7.05 Å². The summed E-state index contributed by atoms with van der Waals surface area (Å²) >= 11 is 0. The van der Waals surface area contributed by atoms with Gasteiger partial charge in [-0.3, -0.25) is 4.79 Å². The molecule has 0 saturated carbocycles. The number of hydrogen-bond acceptors (Lipinski definition) is 4. The molecular formula is C22H18F3NO4. The summed E-state index contributed by atoms with van der Waals surface area (Å²) in [5.41, 5.74) is 0.208. The first-order valence-electron chi connectivity index (χ1n) is 8.96. The smallest absolute Gasteiger partial charge is 0.416 e. The summed E-state index contributed by atoms with van der Waals surface area (Å²) in [6.45, 7) is -0.247. The minimum absolute atomic E-state index is 0.152. The summed E-state index contributed by atoms with van der Waals surface area (Å²) in [7, 11) is 1.55. The van der Waals surface area contributed by atoms with Crippen LogP contribution in [0.3, 0.4) is 0 Å². The second kappa shape index (κ2) is 8.86. The van der Waals surface area contributed by atoms with Crippen LogP contribution in [0.2, 0.25) is 0 Å². The standard InChI is InChI=1S/C22H18F3NO4/c1-26(13-17-5-4-12-29-17)20(27)14-30-21(28)19-7-3-2-6-18(19)15-8-10-16(11-9-15)22(23,24)25/h2-12H,13-14H2,1H3. The van der Waals surface area contributed by atoms with Crippen LogP contribution in [0.5, 0.6) is 0 Å². The van der Waals surface area contributed by atoms with E-state index in [1.807, 2.05) is 0 Å². The third-order valence-corrected chi connectivity index (χ3v) is 4.40. The Morgan fingerprint density at radius 1 is 1.00 bits per heavy atom. The highest BCUT2D eigenvalue weighted by Crippen LogP contribution is 2.32. The van der Waals surface area contributed by atoms with E-state index in [0.29, 0.717) is 16.9 Å². The number of alkyl halides is 3. The molecule has 5 nitrogen and oxygen atoms in total. The van der Waals surface area contributed by atoms with Crippen molar-refractivity contribution in [2.24, 2.45) is 0 Å². The van der Waals surface area contributed by atoms with Crippen molar-refractivity contribution >= 4 is 11.9 Å². The Morgan fingerprint density at radius 3 is 2.33 bits per heavy atom. The lowest BCUT2D eigenvalue weighted by molar-refractivity contribution is -0.137. The average molecular weight is 417 g/mol. The van der Waals surface area contributed by atoms with Crippen LogP contribution in [0, 0.1) is 0 Å². The minimum atomic E-state index is -4.45. The van der Waals surface area contributed by atoms with Gasteiger partial charge in [0.1, 0.15) is 5.76 Å². The molecule has 156 valence electrons. The third-order valence-electron chi connectivity index (χ3n) is 4.40. The number of likely N-dealkylation sites (N-methyl/N-ethyl adjacent to an activating group) is 1. The van der Waals surface area contributed by atoms with Gasteiger partial charge in [-0.05, 0) is 41.5 Å². The van der Waals surface area contributed by atoms with Crippen molar-refractivity contribution in [1.29, 1.82) is 0 Å². The lowest BCUT2D eigenvalue weighted by Gasteiger charge is -2.16. The molecule has 0 radical (unpaired) electrons. The number of furan rings is 1. The predicted octanol–water partition coefficient (Wildman–Crippen LogP) is 4.78. The zero-order valence-corrected chi connectivity index (χ0v) is 16.0. The van der Waals surface area contributed by atoms with Gasteiger partial charge in [-0.25, -0.2) is 4.79 Å². The third kappa shape index (κ3) is 5.08. The van der Waals surface area contributed by atoms with Gasteiger partial charge in [-0.2, -0.15) is 13.2 Å². The summed E-state index contributed by atoms with van der Waals surface area (Å²) < 4.78 is 48.6. The number of hydrogen-bond donors (Lipinski definition) is 0. The van der Waals surface area contributed by atoms with Crippen molar-refractivity contribution in [1.82, 2.24) is 4.90 Å². The van der Waals surface area contributed by atoms with Crippen molar-refractivity contribution in [2.75, 3.05) is 13.7 Å². The van der Waals surface area contributed by atoms with Gasteiger partial charge in [0.25, 0.3) is 5.91 Å². The van der Waals surface area contributed by atoms with Crippen LogP contribution in [0.4, 0.5) is 13.2 Å². The number of amides is 1. The summed E-state index contributed by atoms with van der Waals surface area (Å²) in [5.74, 6) is -0.582. The van der Waals surface area contributed by atoms with Crippen LogP contribution in [0.1, 0.15) is 21.7 Å². The zero-order valence-electron chi connectivity index (χ0n) is 16.0. The Bertz CT molecular complexity index is 1010. The van der Waals surface area contributed by atoms with Gasteiger partial charge in [-0.1, -0.05) is 30.3 Å². The van der Waals surface area contributed by atoms with E-state index in [-0.39, 0.29) is 12.1 Å². The first-order chi connectivity index (χ1) is 14.3. The molecule has 0 bridgehead atoms. The summed E-state index contributed by atoms with van der Waals surface area (Å²) in [5, 5.41) is 0. The Balaban J connectivity index is 1.69. The zero-order chi connectivity index (χ0) is 21.7. The van der Waals surface area contributed by atoms with Gasteiger partial charge >= 0.3 is 12.1 Å². The van der Waals surface area contributed by atoms with Crippen molar-refractivity contribution in [3.8, 4) is 11.1 Å². The van der Waals surface area contributed by atoms with Crippen molar-refractivity contribution in [2.45, 2.75) is 12.7 Å². The largest absolute Gasteiger partial charge is 0.467 e. The molecule has 1 aromatic heterocycles. The van der Waals surface area contributed by atoms with E-state index >= 15 is 0 Å². The van der Waals surface area contributed by atoms with Crippen LogP contribution in [0.15, 0.2) is 71.3 Å². The monoisotopic (exact) mass is 417 g/mol. The number of halogens is 3. The molecule has 3 rings (SSSR count). The molecule has 0 unspecified atom stereocenters. The Kier molecular flexibility index (Phi) is 6.25. The number of rotatable bonds is 6. The number of ether oxygens (including phenoxy) is 1. The highest BCUT2D eigenvalue weighted by Gasteiger charge is 2.30. The van der Waals surface area contributed by atoms with Crippen LogP contribution < -0.4 is 0 Å². The molecule has 30 heavy (non-hydrogen) atoms. The fraction of sp³-hybridized carbons (Fsp3) is 0.182. The van der Waals surface area contributed by atoms with Crippen molar-refractivity contribution in [3.63, 3.8) is 0 Å². The van der Waals surface area contributed by atoms with E-state index in [2.05, 4.69) is 0 Å². The topological polar surface area (TPSA) is 59.8 Å². The van der Waals surface area contributed by atoms with E-state index in [4.69, 9.17) is 9.15 Å². The van der Waals surface area contributed by atoms with E-state index in [0.717, 1.165) is 12.1 Å². The quantitative estimate of drug-likeness (QED) is 0.542. The summed E-state index contributed by atoms with van der Waals surface area (Å²) in [6, 6.07) is 14.3. The van der Waals surface area contributed by atoms with Gasteiger partial charge in [0.05, 0.1) is 23.9 Å². The lowest BCUT2D eigenvalue weighted by atomic mass is 9.98. The van der Waals surface area contributed by atoms with E-state index in [1.165, 1.54) is 29.4 Å². The molecule has 2 aromatic carbocycles.